The van der Waals surface area contributed by atoms with Gasteiger partial charge in [-0.3, -0.25) is 4.79 Å². The Morgan fingerprint density at radius 3 is 2.95 bits per heavy atom. The van der Waals surface area contributed by atoms with E-state index in [4.69, 9.17) is 0 Å². The summed E-state index contributed by atoms with van der Waals surface area (Å²) in [7, 11) is 0. The van der Waals surface area contributed by atoms with Gasteiger partial charge in [0.2, 0.25) is 5.91 Å². The Labute approximate surface area is 131 Å². The number of hydrogen-bond acceptors (Lipinski definition) is 3. The van der Waals surface area contributed by atoms with Gasteiger partial charge >= 0.3 is 0 Å². The molecule has 1 aliphatic rings. The number of carbonyl (C=O) groups excluding carboxylic acids is 1. The number of thioether (sulfide) groups is 1. The second-order valence-corrected chi connectivity index (χ2v) is 6.09. The van der Waals surface area contributed by atoms with Crippen LogP contribution in [0.2, 0.25) is 0 Å². The molecule has 2 rings (SSSR count). The smallest absolute Gasteiger partial charge is 0.225 e. The lowest BCUT2D eigenvalue weighted by molar-refractivity contribution is -0.116. The molecule has 20 heavy (non-hydrogen) atoms. The van der Waals surface area contributed by atoms with Crippen LogP contribution in [0.4, 0.5) is 5.69 Å². The van der Waals surface area contributed by atoms with Crippen LogP contribution in [0.1, 0.15) is 24.5 Å². The molecule has 1 saturated heterocycles. The Kier molecular flexibility index (Phi) is 7.41. The number of benzene rings is 1. The van der Waals surface area contributed by atoms with Gasteiger partial charge in [-0.15, -0.1) is 12.4 Å². The number of carbonyl (C=O) groups is 1. The van der Waals surface area contributed by atoms with E-state index in [2.05, 4.69) is 23.6 Å². The molecule has 1 fully saturated rings. The number of para-hydroxylation sites is 1. The molecule has 112 valence electrons. The highest BCUT2D eigenvalue weighted by atomic mass is 35.5. The molecule has 0 saturated carbocycles. The lowest BCUT2D eigenvalue weighted by Crippen LogP contribution is -2.40. The number of aryl methyl sites for hydroxylation is 2. The lowest BCUT2D eigenvalue weighted by Gasteiger charge is -2.23. The molecule has 0 radical (unpaired) electrons. The van der Waals surface area contributed by atoms with Gasteiger partial charge in [0.05, 0.1) is 0 Å². The van der Waals surface area contributed by atoms with Crippen LogP contribution >= 0.6 is 24.2 Å². The Hall–Kier alpha value is -0.710. The Balaban J connectivity index is 0.00000200. The SMILES string of the molecule is CCc1cccc(C)c1NC(=O)CC1CSCCN1.Cl. The number of anilines is 1. The van der Waals surface area contributed by atoms with E-state index in [-0.39, 0.29) is 18.3 Å². The molecule has 3 nitrogen and oxygen atoms in total. The van der Waals surface area contributed by atoms with Gasteiger partial charge in [-0.05, 0) is 24.5 Å². The largest absolute Gasteiger partial charge is 0.326 e. The first-order valence-corrected chi connectivity index (χ1v) is 8.05. The van der Waals surface area contributed by atoms with Gasteiger partial charge < -0.3 is 10.6 Å². The van der Waals surface area contributed by atoms with Crippen molar-refractivity contribution in [3.05, 3.63) is 29.3 Å². The minimum absolute atomic E-state index is 0. The van der Waals surface area contributed by atoms with Crippen molar-refractivity contribution in [2.24, 2.45) is 0 Å². The first kappa shape index (κ1) is 17.3. The van der Waals surface area contributed by atoms with E-state index in [1.165, 1.54) is 5.56 Å². The summed E-state index contributed by atoms with van der Waals surface area (Å²) < 4.78 is 0. The normalized spacial score (nSPS) is 18.2. The summed E-state index contributed by atoms with van der Waals surface area (Å²) in [6.07, 6.45) is 1.50. The van der Waals surface area contributed by atoms with E-state index in [0.717, 1.165) is 35.7 Å². The maximum atomic E-state index is 12.1. The molecule has 0 bridgehead atoms. The van der Waals surface area contributed by atoms with Crippen molar-refractivity contribution in [3.63, 3.8) is 0 Å². The molecule has 0 aliphatic carbocycles. The fourth-order valence-corrected chi connectivity index (χ4v) is 3.32. The van der Waals surface area contributed by atoms with Crippen molar-refractivity contribution in [1.29, 1.82) is 0 Å². The molecule has 1 unspecified atom stereocenters. The average molecular weight is 315 g/mol. The second-order valence-electron chi connectivity index (χ2n) is 4.94. The van der Waals surface area contributed by atoms with Gasteiger partial charge in [-0.2, -0.15) is 11.8 Å². The second kappa shape index (κ2) is 8.55. The third-order valence-electron chi connectivity index (χ3n) is 3.43. The molecule has 1 amide bonds. The molecule has 0 spiro atoms. The van der Waals surface area contributed by atoms with E-state index in [0.29, 0.717) is 12.5 Å². The fourth-order valence-electron chi connectivity index (χ4n) is 2.37. The summed E-state index contributed by atoms with van der Waals surface area (Å²) in [6.45, 7) is 5.17. The molecule has 2 N–H and O–H groups in total. The molecular weight excluding hydrogens is 292 g/mol. The predicted molar refractivity (Wildman–Crippen MR) is 90.2 cm³/mol. The van der Waals surface area contributed by atoms with Crippen molar-refractivity contribution in [2.45, 2.75) is 32.7 Å². The summed E-state index contributed by atoms with van der Waals surface area (Å²) >= 11 is 1.92. The van der Waals surface area contributed by atoms with Gasteiger partial charge in [0.15, 0.2) is 0 Å². The fraction of sp³-hybridized carbons (Fsp3) is 0.533. The maximum Gasteiger partial charge on any atom is 0.225 e. The number of rotatable bonds is 4. The van der Waals surface area contributed by atoms with E-state index in [1.807, 2.05) is 30.8 Å². The van der Waals surface area contributed by atoms with Crippen LogP contribution in [-0.2, 0) is 11.2 Å². The van der Waals surface area contributed by atoms with E-state index in [9.17, 15) is 4.79 Å². The number of nitrogens with one attached hydrogen (secondary N) is 2. The monoisotopic (exact) mass is 314 g/mol. The molecule has 1 aromatic rings. The molecule has 1 atom stereocenters. The van der Waals surface area contributed by atoms with E-state index >= 15 is 0 Å². The Bertz CT molecular complexity index is 447. The van der Waals surface area contributed by atoms with Gasteiger partial charge in [0.1, 0.15) is 0 Å². The zero-order valence-corrected chi connectivity index (χ0v) is 13.7. The minimum Gasteiger partial charge on any atom is -0.326 e. The van der Waals surface area contributed by atoms with Crippen LogP contribution < -0.4 is 10.6 Å². The lowest BCUT2D eigenvalue weighted by atomic mass is 10.1. The van der Waals surface area contributed by atoms with Gasteiger partial charge in [0, 0.05) is 36.2 Å². The molecule has 0 aromatic heterocycles. The van der Waals surface area contributed by atoms with Crippen molar-refractivity contribution in [3.8, 4) is 0 Å². The van der Waals surface area contributed by atoms with Crippen molar-refractivity contribution in [1.82, 2.24) is 5.32 Å². The Morgan fingerprint density at radius 2 is 2.30 bits per heavy atom. The molecule has 1 aliphatic heterocycles. The molecule has 1 aromatic carbocycles. The van der Waals surface area contributed by atoms with Crippen molar-refractivity contribution < 1.29 is 4.79 Å². The quantitative estimate of drug-likeness (QED) is 0.897. The highest BCUT2D eigenvalue weighted by Crippen LogP contribution is 2.21. The van der Waals surface area contributed by atoms with Crippen LogP contribution in [0.15, 0.2) is 18.2 Å². The predicted octanol–water partition coefficient (Wildman–Crippen LogP) is 3.01. The first-order valence-electron chi connectivity index (χ1n) is 6.90. The minimum atomic E-state index is 0. The number of halogens is 1. The van der Waals surface area contributed by atoms with Gasteiger partial charge in [-0.1, -0.05) is 25.1 Å². The van der Waals surface area contributed by atoms with Gasteiger partial charge in [0.25, 0.3) is 0 Å². The summed E-state index contributed by atoms with van der Waals surface area (Å²) in [4.78, 5) is 12.1. The van der Waals surface area contributed by atoms with Gasteiger partial charge in [-0.25, -0.2) is 0 Å². The topological polar surface area (TPSA) is 41.1 Å². The zero-order chi connectivity index (χ0) is 13.7. The third kappa shape index (κ3) is 4.69. The van der Waals surface area contributed by atoms with E-state index < -0.39 is 0 Å². The van der Waals surface area contributed by atoms with Crippen LogP contribution in [0.25, 0.3) is 0 Å². The number of amides is 1. The van der Waals surface area contributed by atoms with Crippen LogP contribution in [0.3, 0.4) is 0 Å². The maximum absolute atomic E-state index is 12.1. The molecule has 1 heterocycles. The molecule has 5 heteroatoms. The highest BCUT2D eigenvalue weighted by molar-refractivity contribution is 7.99. The van der Waals surface area contributed by atoms with E-state index in [1.54, 1.807) is 0 Å². The Morgan fingerprint density at radius 1 is 1.50 bits per heavy atom. The van der Waals surface area contributed by atoms with Crippen molar-refractivity contribution in [2.75, 3.05) is 23.4 Å². The summed E-state index contributed by atoms with van der Waals surface area (Å²) in [5, 5.41) is 6.49. The molecular formula is C15H23ClN2OS. The van der Waals surface area contributed by atoms with Crippen LogP contribution in [-0.4, -0.2) is 30.0 Å². The standard InChI is InChI=1S/C15H22N2OS.ClH/c1-3-12-6-4-5-11(2)15(12)17-14(18)9-13-10-19-8-7-16-13;/h4-6,13,16H,3,7-10H2,1-2H3,(H,17,18);1H. The zero-order valence-electron chi connectivity index (χ0n) is 12.1. The van der Waals surface area contributed by atoms with Crippen molar-refractivity contribution >= 4 is 35.8 Å². The third-order valence-corrected chi connectivity index (χ3v) is 4.57. The first-order chi connectivity index (χ1) is 9.20. The number of hydrogen-bond donors (Lipinski definition) is 2. The summed E-state index contributed by atoms with van der Waals surface area (Å²) in [5.74, 6) is 2.29. The summed E-state index contributed by atoms with van der Waals surface area (Å²) in [5.41, 5.74) is 3.34. The average Bonchev–Trinajstić information content (AvgIpc) is 2.42. The van der Waals surface area contributed by atoms with Crippen LogP contribution in [0, 0.1) is 6.92 Å². The highest BCUT2D eigenvalue weighted by Gasteiger charge is 2.17. The van der Waals surface area contributed by atoms with Crippen LogP contribution in [0.5, 0.6) is 0 Å². The summed E-state index contributed by atoms with van der Waals surface area (Å²) in [6, 6.07) is 6.48.